The lowest BCUT2D eigenvalue weighted by Crippen LogP contribution is -2.46. The molecule has 2 aliphatic rings. The van der Waals surface area contributed by atoms with Crippen molar-refractivity contribution < 1.29 is 13.2 Å². The molecule has 1 atom stereocenters. The van der Waals surface area contributed by atoms with Crippen LogP contribution in [0.1, 0.15) is 38.5 Å². The number of hydrogen-bond donors (Lipinski definition) is 1. The minimum Gasteiger partial charge on any atom is -0.312 e. The van der Waals surface area contributed by atoms with Gasteiger partial charge in [0.15, 0.2) is 0 Å². The lowest BCUT2D eigenvalue weighted by atomic mass is 10.0. The summed E-state index contributed by atoms with van der Waals surface area (Å²) < 4.78 is 36.7. The molecule has 1 aliphatic heterocycles. The van der Waals surface area contributed by atoms with Gasteiger partial charge in [0, 0.05) is 25.2 Å². The Morgan fingerprint density at radius 2 is 1.88 bits per heavy atom. The molecule has 2 nitrogen and oxygen atoms in total. The smallest absolute Gasteiger partial charge is 0.312 e. The zero-order valence-corrected chi connectivity index (χ0v) is 10.1. The Labute approximate surface area is 101 Å². The molecule has 1 saturated carbocycles. The quantitative estimate of drug-likeness (QED) is 0.806. The van der Waals surface area contributed by atoms with E-state index in [0.717, 1.165) is 32.4 Å². The lowest BCUT2D eigenvalue weighted by Gasteiger charge is -2.36. The molecule has 0 aromatic carbocycles. The van der Waals surface area contributed by atoms with Crippen molar-refractivity contribution in [2.24, 2.45) is 0 Å². The summed E-state index contributed by atoms with van der Waals surface area (Å²) in [5.74, 6) is 0. The molecule has 1 aliphatic carbocycles. The van der Waals surface area contributed by atoms with E-state index in [4.69, 9.17) is 0 Å². The van der Waals surface area contributed by atoms with E-state index in [-0.39, 0.29) is 6.54 Å². The van der Waals surface area contributed by atoms with Crippen molar-refractivity contribution >= 4 is 0 Å². The molecule has 100 valence electrons. The maximum Gasteiger partial charge on any atom is 0.390 e. The van der Waals surface area contributed by atoms with Gasteiger partial charge in [-0.1, -0.05) is 6.42 Å². The van der Waals surface area contributed by atoms with Crippen molar-refractivity contribution in [3.05, 3.63) is 0 Å². The molecule has 1 heterocycles. The van der Waals surface area contributed by atoms with Crippen LogP contribution in [0.15, 0.2) is 0 Å². The molecule has 5 heteroatoms. The zero-order chi connectivity index (χ0) is 12.3. The predicted molar refractivity (Wildman–Crippen MR) is 60.9 cm³/mol. The molecular weight excluding hydrogens is 229 g/mol. The highest BCUT2D eigenvalue weighted by Gasteiger charge is 2.31. The van der Waals surface area contributed by atoms with Crippen molar-refractivity contribution in [2.45, 2.75) is 56.8 Å². The second-order valence-electron chi connectivity index (χ2n) is 5.23. The molecule has 1 saturated heterocycles. The van der Waals surface area contributed by atoms with Crippen LogP contribution in [0.25, 0.3) is 0 Å². The van der Waals surface area contributed by atoms with E-state index in [0.29, 0.717) is 12.1 Å². The van der Waals surface area contributed by atoms with E-state index >= 15 is 0 Å². The Morgan fingerprint density at radius 3 is 2.53 bits per heavy atom. The van der Waals surface area contributed by atoms with Crippen molar-refractivity contribution in [1.82, 2.24) is 10.2 Å². The van der Waals surface area contributed by atoms with E-state index in [2.05, 4.69) is 5.32 Å². The van der Waals surface area contributed by atoms with Crippen molar-refractivity contribution in [3.63, 3.8) is 0 Å². The van der Waals surface area contributed by atoms with E-state index in [1.165, 1.54) is 12.8 Å². The number of piperidine rings is 1. The van der Waals surface area contributed by atoms with Crippen LogP contribution in [-0.4, -0.2) is 42.8 Å². The number of rotatable bonds is 5. The van der Waals surface area contributed by atoms with Crippen molar-refractivity contribution in [1.29, 1.82) is 0 Å². The van der Waals surface area contributed by atoms with Crippen LogP contribution >= 0.6 is 0 Å². The Morgan fingerprint density at radius 1 is 1.12 bits per heavy atom. The largest absolute Gasteiger partial charge is 0.390 e. The summed E-state index contributed by atoms with van der Waals surface area (Å²) in [6.45, 7) is 1.86. The van der Waals surface area contributed by atoms with Gasteiger partial charge in [-0.15, -0.1) is 0 Å². The zero-order valence-electron chi connectivity index (χ0n) is 10.1. The van der Waals surface area contributed by atoms with Crippen molar-refractivity contribution in [2.75, 3.05) is 19.6 Å². The fourth-order valence-corrected chi connectivity index (χ4v) is 2.45. The van der Waals surface area contributed by atoms with Crippen LogP contribution in [0.2, 0.25) is 0 Å². The summed E-state index contributed by atoms with van der Waals surface area (Å²) in [7, 11) is 0. The van der Waals surface area contributed by atoms with E-state index < -0.39 is 12.6 Å². The van der Waals surface area contributed by atoms with Gasteiger partial charge in [-0.2, -0.15) is 13.2 Å². The third kappa shape index (κ3) is 4.84. The molecular formula is C12H21F3N2. The molecule has 1 unspecified atom stereocenters. The average molecular weight is 250 g/mol. The number of likely N-dealkylation sites (tertiary alicyclic amines) is 1. The summed E-state index contributed by atoms with van der Waals surface area (Å²) in [4.78, 5) is 2.02. The Bertz CT molecular complexity index is 238. The fraction of sp³-hybridized carbons (Fsp3) is 1.00. The van der Waals surface area contributed by atoms with Gasteiger partial charge >= 0.3 is 6.18 Å². The molecule has 0 aromatic rings. The van der Waals surface area contributed by atoms with Crippen LogP contribution < -0.4 is 5.32 Å². The van der Waals surface area contributed by atoms with Gasteiger partial charge in [0.25, 0.3) is 0 Å². The number of nitrogens with one attached hydrogen (secondary N) is 1. The molecule has 0 bridgehead atoms. The monoisotopic (exact) mass is 250 g/mol. The second kappa shape index (κ2) is 5.57. The third-order valence-corrected chi connectivity index (χ3v) is 3.65. The van der Waals surface area contributed by atoms with Crippen LogP contribution in [0.5, 0.6) is 0 Å². The minimum atomic E-state index is -4.02. The first-order valence-electron chi connectivity index (χ1n) is 6.59. The molecule has 0 spiro atoms. The first kappa shape index (κ1) is 13.1. The normalized spacial score (nSPS) is 27.4. The number of hydrogen-bond acceptors (Lipinski definition) is 2. The summed E-state index contributed by atoms with van der Waals surface area (Å²) >= 11 is 0. The number of halogens is 3. The summed E-state index contributed by atoms with van der Waals surface area (Å²) in [6, 6.07) is 0.952. The molecule has 17 heavy (non-hydrogen) atoms. The Kier molecular flexibility index (Phi) is 4.31. The maximum absolute atomic E-state index is 12.2. The number of nitrogens with zero attached hydrogens (tertiary/aromatic N) is 1. The second-order valence-corrected chi connectivity index (χ2v) is 5.23. The number of alkyl halides is 3. The molecule has 0 aromatic heterocycles. The summed E-state index contributed by atoms with van der Waals surface area (Å²) in [5.41, 5.74) is 0. The first-order chi connectivity index (χ1) is 8.04. The summed E-state index contributed by atoms with van der Waals surface area (Å²) in [6.07, 6.45) is 0.998. The van der Waals surface area contributed by atoms with Gasteiger partial charge in [0.2, 0.25) is 0 Å². The van der Waals surface area contributed by atoms with Gasteiger partial charge in [0.05, 0.1) is 6.42 Å². The van der Waals surface area contributed by atoms with Gasteiger partial charge in [-0.05, 0) is 32.2 Å². The van der Waals surface area contributed by atoms with Gasteiger partial charge < -0.3 is 5.32 Å². The third-order valence-electron chi connectivity index (χ3n) is 3.65. The minimum absolute atomic E-state index is 0.167. The highest BCUT2D eigenvalue weighted by molar-refractivity contribution is 4.85. The highest BCUT2D eigenvalue weighted by atomic mass is 19.4. The molecule has 2 rings (SSSR count). The molecule has 1 N–H and O–H groups in total. The first-order valence-corrected chi connectivity index (χ1v) is 6.59. The van der Waals surface area contributed by atoms with Crippen LogP contribution in [0.3, 0.4) is 0 Å². The van der Waals surface area contributed by atoms with Gasteiger partial charge in [-0.3, -0.25) is 4.90 Å². The van der Waals surface area contributed by atoms with Crippen molar-refractivity contribution in [3.8, 4) is 0 Å². The SMILES string of the molecule is FC(F)(F)CCN1CCCCC1CNC1CC1. The Balaban J connectivity index is 1.74. The molecule has 0 radical (unpaired) electrons. The molecule has 2 fully saturated rings. The summed E-state index contributed by atoms with van der Waals surface area (Å²) in [5, 5.41) is 3.43. The fourth-order valence-electron chi connectivity index (χ4n) is 2.45. The average Bonchev–Trinajstić information content (AvgIpc) is 3.07. The van der Waals surface area contributed by atoms with Crippen LogP contribution in [-0.2, 0) is 0 Å². The highest BCUT2D eigenvalue weighted by Crippen LogP contribution is 2.24. The van der Waals surface area contributed by atoms with Crippen LogP contribution in [0.4, 0.5) is 13.2 Å². The van der Waals surface area contributed by atoms with E-state index in [1.807, 2.05) is 4.90 Å². The topological polar surface area (TPSA) is 15.3 Å². The Hall–Kier alpha value is -0.290. The standard InChI is InChI=1S/C12H21F3N2/c13-12(14,15)6-8-17-7-2-1-3-11(17)9-16-10-4-5-10/h10-11,16H,1-9H2. The van der Waals surface area contributed by atoms with E-state index in [1.54, 1.807) is 0 Å². The van der Waals surface area contributed by atoms with Gasteiger partial charge in [-0.25, -0.2) is 0 Å². The maximum atomic E-state index is 12.2. The predicted octanol–water partition coefficient (Wildman–Crippen LogP) is 2.55. The van der Waals surface area contributed by atoms with Gasteiger partial charge in [0.1, 0.15) is 0 Å². The molecule has 0 amide bonds. The van der Waals surface area contributed by atoms with Crippen LogP contribution in [0, 0.1) is 0 Å². The lowest BCUT2D eigenvalue weighted by molar-refractivity contribution is -0.139. The van der Waals surface area contributed by atoms with E-state index in [9.17, 15) is 13.2 Å².